The lowest BCUT2D eigenvalue weighted by molar-refractivity contribution is -0.385. The number of nitro groups is 1. The zero-order valence-electron chi connectivity index (χ0n) is 7.43. The van der Waals surface area contributed by atoms with Gasteiger partial charge >= 0.3 is 0 Å². The minimum atomic E-state index is -2.89. The Kier molecular flexibility index (Phi) is 3.15. The second-order valence-corrected chi connectivity index (χ2v) is 2.86. The molecule has 0 bridgehead atoms. The standard InChI is InChI=1S/C8H8F2N2O3/c9-8(10)7(11)5-3-4(12(14)15)1-2-6(5)13/h1-3,7-8,13H,11H2/t7-/m1/s1. The maximum atomic E-state index is 12.2. The van der Waals surface area contributed by atoms with Crippen molar-refractivity contribution < 1.29 is 18.8 Å². The number of aromatic hydroxyl groups is 1. The van der Waals surface area contributed by atoms with E-state index >= 15 is 0 Å². The Hall–Kier alpha value is -1.76. The van der Waals surface area contributed by atoms with Gasteiger partial charge in [-0.25, -0.2) is 8.78 Å². The highest BCUT2D eigenvalue weighted by atomic mass is 19.3. The molecule has 1 atom stereocenters. The highest BCUT2D eigenvalue weighted by Gasteiger charge is 2.23. The third-order valence-electron chi connectivity index (χ3n) is 1.85. The number of phenols is 1. The molecule has 0 heterocycles. The zero-order valence-corrected chi connectivity index (χ0v) is 7.43. The van der Waals surface area contributed by atoms with Gasteiger partial charge in [0.15, 0.2) is 0 Å². The number of nitro benzene ring substituents is 1. The van der Waals surface area contributed by atoms with Gasteiger partial charge in [-0.15, -0.1) is 0 Å². The normalized spacial score (nSPS) is 12.8. The van der Waals surface area contributed by atoms with Crippen LogP contribution in [0, 0.1) is 10.1 Å². The van der Waals surface area contributed by atoms with Crippen molar-refractivity contribution in [2.24, 2.45) is 5.73 Å². The number of nitrogens with two attached hydrogens (primary N) is 1. The minimum absolute atomic E-state index is 0.334. The van der Waals surface area contributed by atoms with Crippen LogP contribution in [0.25, 0.3) is 0 Å². The number of alkyl halides is 2. The summed E-state index contributed by atoms with van der Waals surface area (Å²) in [5, 5.41) is 19.6. The monoisotopic (exact) mass is 218 g/mol. The van der Waals surface area contributed by atoms with E-state index in [1.807, 2.05) is 0 Å². The summed E-state index contributed by atoms with van der Waals surface area (Å²) >= 11 is 0. The van der Waals surface area contributed by atoms with Crippen molar-refractivity contribution >= 4 is 5.69 Å². The molecule has 1 aromatic carbocycles. The first-order valence-electron chi connectivity index (χ1n) is 3.94. The van der Waals surface area contributed by atoms with Gasteiger partial charge < -0.3 is 10.8 Å². The summed E-state index contributed by atoms with van der Waals surface area (Å²) in [4.78, 5) is 9.60. The van der Waals surface area contributed by atoms with Crippen LogP contribution in [-0.2, 0) is 0 Å². The van der Waals surface area contributed by atoms with Crippen LogP contribution in [0.4, 0.5) is 14.5 Å². The third-order valence-corrected chi connectivity index (χ3v) is 1.85. The van der Waals surface area contributed by atoms with Crippen LogP contribution in [0.15, 0.2) is 18.2 Å². The number of phenolic OH excluding ortho intramolecular Hbond substituents is 1. The lowest BCUT2D eigenvalue weighted by Crippen LogP contribution is -2.19. The number of hydrogen-bond acceptors (Lipinski definition) is 4. The Morgan fingerprint density at radius 2 is 2.07 bits per heavy atom. The van der Waals surface area contributed by atoms with Gasteiger partial charge in [0, 0.05) is 17.7 Å². The van der Waals surface area contributed by atoms with Gasteiger partial charge in [0.25, 0.3) is 12.1 Å². The molecule has 15 heavy (non-hydrogen) atoms. The van der Waals surface area contributed by atoms with Gasteiger partial charge in [0.2, 0.25) is 0 Å². The molecule has 5 nitrogen and oxygen atoms in total. The molecule has 1 aromatic rings. The average molecular weight is 218 g/mol. The van der Waals surface area contributed by atoms with Crippen LogP contribution in [0.1, 0.15) is 11.6 Å². The zero-order chi connectivity index (χ0) is 11.6. The molecule has 0 aliphatic heterocycles. The second-order valence-electron chi connectivity index (χ2n) is 2.86. The summed E-state index contributed by atoms with van der Waals surface area (Å²) in [6, 6.07) is 1.09. The molecule has 0 unspecified atom stereocenters. The predicted octanol–water partition coefficient (Wildman–Crippen LogP) is 1.57. The highest BCUT2D eigenvalue weighted by Crippen LogP contribution is 2.30. The van der Waals surface area contributed by atoms with Gasteiger partial charge in [-0.2, -0.15) is 0 Å². The second kappa shape index (κ2) is 4.18. The quantitative estimate of drug-likeness (QED) is 0.595. The molecule has 0 saturated carbocycles. The highest BCUT2D eigenvalue weighted by molar-refractivity contribution is 5.44. The van der Waals surface area contributed by atoms with E-state index in [0.717, 1.165) is 18.2 Å². The van der Waals surface area contributed by atoms with Crippen LogP contribution in [-0.4, -0.2) is 16.5 Å². The number of hydrogen-bond donors (Lipinski definition) is 2. The van der Waals surface area contributed by atoms with Crippen molar-refractivity contribution in [3.8, 4) is 5.75 Å². The van der Waals surface area contributed by atoms with Crippen molar-refractivity contribution in [3.63, 3.8) is 0 Å². The minimum Gasteiger partial charge on any atom is -0.508 e. The number of rotatable bonds is 3. The largest absolute Gasteiger partial charge is 0.508 e. The Morgan fingerprint density at radius 3 is 2.53 bits per heavy atom. The Morgan fingerprint density at radius 1 is 1.47 bits per heavy atom. The van der Waals surface area contributed by atoms with Crippen molar-refractivity contribution in [3.05, 3.63) is 33.9 Å². The summed E-state index contributed by atoms with van der Waals surface area (Å²) in [6.07, 6.45) is -2.89. The maximum absolute atomic E-state index is 12.2. The van der Waals surface area contributed by atoms with Crippen molar-refractivity contribution in [2.75, 3.05) is 0 Å². The first-order valence-corrected chi connectivity index (χ1v) is 3.94. The average Bonchev–Trinajstić information content (AvgIpc) is 2.16. The van der Waals surface area contributed by atoms with Gasteiger partial charge in [-0.1, -0.05) is 0 Å². The SMILES string of the molecule is N[C@H](c1cc([N+](=O)[O-])ccc1O)C(F)F. The van der Waals surface area contributed by atoms with Crippen molar-refractivity contribution in [1.82, 2.24) is 0 Å². The number of benzene rings is 1. The fourth-order valence-electron chi connectivity index (χ4n) is 1.06. The molecule has 0 amide bonds. The van der Waals surface area contributed by atoms with E-state index in [1.165, 1.54) is 0 Å². The molecular weight excluding hydrogens is 210 g/mol. The molecule has 0 aliphatic rings. The topological polar surface area (TPSA) is 89.4 Å². The fraction of sp³-hybridized carbons (Fsp3) is 0.250. The van der Waals surface area contributed by atoms with Crippen LogP contribution in [0.2, 0.25) is 0 Å². The molecular formula is C8H8F2N2O3. The number of nitrogens with zero attached hydrogens (tertiary/aromatic N) is 1. The first-order chi connectivity index (χ1) is 6.93. The van der Waals surface area contributed by atoms with E-state index in [0.29, 0.717) is 0 Å². The van der Waals surface area contributed by atoms with Gasteiger partial charge in [-0.05, 0) is 6.07 Å². The van der Waals surface area contributed by atoms with E-state index in [9.17, 15) is 24.0 Å². The van der Waals surface area contributed by atoms with E-state index in [4.69, 9.17) is 5.73 Å². The molecule has 3 N–H and O–H groups in total. The molecule has 0 fully saturated rings. The first kappa shape index (κ1) is 11.3. The summed E-state index contributed by atoms with van der Waals surface area (Å²) in [5.41, 5.74) is 4.35. The lowest BCUT2D eigenvalue weighted by Gasteiger charge is -2.11. The molecule has 0 spiro atoms. The van der Waals surface area contributed by atoms with Crippen molar-refractivity contribution in [1.29, 1.82) is 0 Å². The fourth-order valence-corrected chi connectivity index (χ4v) is 1.06. The molecule has 7 heteroatoms. The van der Waals surface area contributed by atoms with Gasteiger partial charge in [0.05, 0.1) is 11.0 Å². The van der Waals surface area contributed by atoms with E-state index in [2.05, 4.69) is 0 Å². The van der Waals surface area contributed by atoms with Crippen LogP contribution >= 0.6 is 0 Å². The van der Waals surface area contributed by atoms with Crippen LogP contribution < -0.4 is 5.73 Å². The van der Waals surface area contributed by atoms with Crippen LogP contribution in [0.3, 0.4) is 0 Å². The number of halogens is 2. The molecule has 0 radical (unpaired) electrons. The number of non-ortho nitro benzene ring substituents is 1. The molecule has 0 saturated heterocycles. The summed E-state index contributed by atoms with van der Waals surface area (Å²) in [6.45, 7) is 0. The van der Waals surface area contributed by atoms with E-state index < -0.39 is 23.1 Å². The predicted molar refractivity (Wildman–Crippen MR) is 47.7 cm³/mol. The van der Waals surface area contributed by atoms with Crippen LogP contribution in [0.5, 0.6) is 5.75 Å². The Bertz CT molecular complexity index is 384. The van der Waals surface area contributed by atoms with E-state index in [-0.39, 0.29) is 11.3 Å². The molecule has 82 valence electrons. The smallest absolute Gasteiger partial charge is 0.270 e. The summed E-state index contributed by atoms with van der Waals surface area (Å²) in [5.74, 6) is -0.478. The molecule has 0 aliphatic carbocycles. The Labute approximate surface area is 83.3 Å². The van der Waals surface area contributed by atoms with Gasteiger partial charge in [0.1, 0.15) is 5.75 Å². The Balaban J connectivity index is 3.16. The summed E-state index contributed by atoms with van der Waals surface area (Å²) < 4.78 is 24.4. The summed E-state index contributed by atoms with van der Waals surface area (Å²) in [7, 11) is 0. The van der Waals surface area contributed by atoms with E-state index in [1.54, 1.807) is 0 Å². The van der Waals surface area contributed by atoms with Crippen molar-refractivity contribution in [2.45, 2.75) is 12.5 Å². The lowest BCUT2D eigenvalue weighted by atomic mass is 10.1. The molecule has 0 aromatic heterocycles. The van der Waals surface area contributed by atoms with Gasteiger partial charge in [-0.3, -0.25) is 10.1 Å². The molecule has 1 rings (SSSR count). The maximum Gasteiger partial charge on any atom is 0.270 e. The third kappa shape index (κ3) is 2.38.